The lowest BCUT2D eigenvalue weighted by molar-refractivity contribution is 0.480. The third kappa shape index (κ3) is 6.35. The maximum atomic E-state index is 7.15. The van der Waals surface area contributed by atoms with Gasteiger partial charge in [0.15, 0.2) is 0 Å². The monoisotopic (exact) mass is 841 g/mol. The van der Waals surface area contributed by atoms with Gasteiger partial charge >= 0.3 is 0 Å². The molecule has 0 fully saturated rings. The SMILES string of the molecule is Cc1ccc(N2CN(c3c(-c4ccccc4)cccc3-c3ccccc3)c3ccccc32)cc1Oc1cc2c3c4c(cccc4n(-c4cc(C(C)(C)C)ccn4)c3c1)n2-c1ccccc1. The fraction of sp³-hybridized carbons (Fsp3) is 0.102. The molecule has 11 aromatic rings. The Kier molecular flexibility index (Phi) is 8.92. The van der Waals surface area contributed by atoms with Crippen molar-refractivity contribution in [1.29, 1.82) is 0 Å². The van der Waals surface area contributed by atoms with Crippen LogP contribution in [0.4, 0.5) is 22.7 Å². The predicted molar refractivity (Wildman–Crippen MR) is 269 cm³/mol. The molecule has 0 aliphatic carbocycles. The Labute approximate surface area is 379 Å². The zero-order chi connectivity index (χ0) is 43.8. The second-order valence-corrected chi connectivity index (χ2v) is 18.1. The van der Waals surface area contributed by atoms with Crippen LogP contribution in [0, 0.1) is 6.92 Å². The van der Waals surface area contributed by atoms with Crippen molar-refractivity contribution in [1.82, 2.24) is 14.1 Å². The summed E-state index contributed by atoms with van der Waals surface area (Å²) in [7, 11) is 0. The lowest BCUT2D eigenvalue weighted by Crippen LogP contribution is -2.25. The third-order valence-corrected chi connectivity index (χ3v) is 13.1. The molecule has 0 N–H and O–H groups in total. The molecule has 1 aliphatic rings. The van der Waals surface area contributed by atoms with E-state index in [0.29, 0.717) is 6.67 Å². The predicted octanol–water partition coefficient (Wildman–Crippen LogP) is 15.5. The highest BCUT2D eigenvalue weighted by atomic mass is 16.5. The Morgan fingerprint density at radius 2 is 1.06 bits per heavy atom. The lowest BCUT2D eigenvalue weighted by atomic mass is 9.88. The summed E-state index contributed by atoms with van der Waals surface area (Å²) >= 11 is 0. The van der Waals surface area contributed by atoms with Crippen LogP contribution in [0.2, 0.25) is 0 Å². The van der Waals surface area contributed by atoms with Crippen LogP contribution >= 0.6 is 0 Å². The number of benzene rings is 8. The molecule has 0 amide bonds. The van der Waals surface area contributed by atoms with Crippen molar-refractivity contribution in [3.8, 4) is 45.3 Å². The first-order chi connectivity index (χ1) is 31.8. The molecule has 4 heterocycles. The molecular weight excluding hydrogens is 795 g/mol. The smallest absolute Gasteiger partial charge is 0.137 e. The summed E-state index contributed by atoms with van der Waals surface area (Å²) in [4.78, 5) is 9.88. The number of hydrogen-bond donors (Lipinski definition) is 0. The van der Waals surface area contributed by atoms with Crippen molar-refractivity contribution >= 4 is 55.6 Å². The molecule has 6 heteroatoms. The van der Waals surface area contributed by atoms with Gasteiger partial charge in [-0.05, 0) is 89.2 Å². The molecule has 12 rings (SSSR count). The largest absolute Gasteiger partial charge is 0.457 e. The Hall–Kier alpha value is -8.09. The highest BCUT2D eigenvalue weighted by Gasteiger charge is 2.32. The van der Waals surface area contributed by atoms with Crippen molar-refractivity contribution in [2.24, 2.45) is 0 Å². The maximum absolute atomic E-state index is 7.15. The molecule has 8 aromatic carbocycles. The Morgan fingerprint density at radius 3 is 1.72 bits per heavy atom. The van der Waals surface area contributed by atoms with E-state index in [1.165, 1.54) is 44.3 Å². The number of anilines is 4. The molecular formula is C59H47N5O. The topological polar surface area (TPSA) is 38.5 Å². The Bertz CT molecular complexity index is 3490. The van der Waals surface area contributed by atoms with Crippen LogP contribution in [0.1, 0.15) is 31.9 Å². The average Bonchev–Trinajstić information content (AvgIpc) is 4.01. The van der Waals surface area contributed by atoms with Gasteiger partial charge < -0.3 is 19.1 Å². The van der Waals surface area contributed by atoms with Crippen LogP contribution in [0.3, 0.4) is 0 Å². The van der Waals surface area contributed by atoms with Crippen LogP contribution in [0.25, 0.3) is 66.6 Å². The number of nitrogens with zero attached hydrogens (tertiary/aromatic N) is 5. The van der Waals surface area contributed by atoms with Gasteiger partial charge in [0.2, 0.25) is 0 Å². The minimum absolute atomic E-state index is 0.0346. The van der Waals surface area contributed by atoms with Gasteiger partial charge in [0, 0.05) is 57.7 Å². The molecule has 0 radical (unpaired) electrons. The highest BCUT2D eigenvalue weighted by molar-refractivity contribution is 6.25. The van der Waals surface area contributed by atoms with Gasteiger partial charge in [-0.15, -0.1) is 0 Å². The second-order valence-electron chi connectivity index (χ2n) is 18.1. The molecule has 1 aliphatic heterocycles. The number of aromatic nitrogens is 3. The Morgan fingerprint density at radius 1 is 0.492 bits per heavy atom. The average molecular weight is 842 g/mol. The van der Waals surface area contributed by atoms with E-state index in [2.05, 4.69) is 241 Å². The summed E-state index contributed by atoms with van der Waals surface area (Å²) in [5, 5.41) is 2.41. The van der Waals surface area contributed by atoms with Crippen molar-refractivity contribution in [2.45, 2.75) is 33.1 Å². The third-order valence-electron chi connectivity index (χ3n) is 13.1. The molecule has 3 aromatic heterocycles. The van der Waals surface area contributed by atoms with E-state index in [1.54, 1.807) is 0 Å². The van der Waals surface area contributed by atoms with Gasteiger partial charge in [0.1, 0.15) is 24.0 Å². The number of para-hydroxylation sites is 4. The van der Waals surface area contributed by atoms with Crippen LogP contribution in [-0.2, 0) is 5.41 Å². The van der Waals surface area contributed by atoms with E-state index in [9.17, 15) is 0 Å². The number of rotatable bonds is 8. The van der Waals surface area contributed by atoms with Gasteiger partial charge in [0.25, 0.3) is 0 Å². The van der Waals surface area contributed by atoms with Gasteiger partial charge in [-0.3, -0.25) is 4.57 Å². The van der Waals surface area contributed by atoms with E-state index in [-0.39, 0.29) is 5.41 Å². The van der Waals surface area contributed by atoms with Crippen molar-refractivity contribution in [2.75, 3.05) is 16.5 Å². The standard InChI is InChI=1S/C59H47N5O/c1-39-30-31-44(61-38-62(49-27-15-14-26-48(49)61)58-46(40-18-8-5-9-19-40)24-16-25-47(58)41-20-10-6-11-21-41)35-54(39)65-45-36-52-57-53(37-45)64(55-34-42(32-33-60-55)59(2,3)4)51-29-17-28-50(56(51)57)63(52)43-22-12-7-13-23-43/h5-37H,38H2,1-4H3. The number of ether oxygens (including phenoxy) is 1. The maximum Gasteiger partial charge on any atom is 0.137 e. The molecule has 0 saturated heterocycles. The molecule has 6 nitrogen and oxygen atoms in total. The van der Waals surface area contributed by atoms with Gasteiger partial charge in [0.05, 0.1) is 39.1 Å². The molecule has 0 bridgehead atoms. The highest BCUT2D eigenvalue weighted by Crippen LogP contribution is 2.51. The summed E-state index contributed by atoms with van der Waals surface area (Å²) in [6.45, 7) is 9.50. The van der Waals surface area contributed by atoms with E-state index in [0.717, 1.165) is 67.7 Å². The molecule has 0 unspecified atom stereocenters. The summed E-state index contributed by atoms with van der Waals surface area (Å²) in [6.07, 6.45) is 1.94. The van der Waals surface area contributed by atoms with E-state index in [4.69, 9.17) is 9.72 Å². The van der Waals surface area contributed by atoms with Gasteiger partial charge in [-0.25, -0.2) is 4.98 Å². The molecule has 314 valence electrons. The van der Waals surface area contributed by atoms with Crippen LogP contribution in [-0.4, -0.2) is 20.8 Å². The first-order valence-corrected chi connectivity index (χ1v) is 22.4. The fourth-order valence-electron chi connectivity index (χ4n) is 9.94. The Balaban J connectivity index is 0.994. The molecule has 0 atom stereocenters. The quantitative estimate of drug-likeness (QED) is 0.153. The molecule has 65 heavy (non-hydrogen) atoms. The molecule has 0 saturated carbocycles. The minimum atomic E-state index is -0.0346. The summed E-state index contributed by atoms with van der Waals surface area (Å²) in [5.41, 5.74) is 17.0. The summed E-state index contributed by atoms with van der Waals surface area (Å²) in [5.74, 6) is 2.46. The number of hydrogen-bond acceptors (Lipinski definition) is 4. The zero-order valence-electron chi connectivity index (χ0n) is 36.9. The first kappa shape index (κ1) is 38.6. The molecule has 0 spiro atoms. The minimum Gasteiger partial charge on any atom is -0.457 e. The lowest BCUT2D eigenvalue weighted by Gasteiger charge is -2.27. The second kappa shape index (κ2) is 15.0. The summed E-state index contributed by atoms with van der Waals surface area (Å²) in [6, 6.07) is 69.5. The number of fused-ring (bicyclic) bond motifs is 1. The van der Waals surface area contributed by atoms with Gasteiger partial charge in [-0.2, -0.15) is 0 Å². The normalized spacial score (nSPS) is 12.8. The number of pyridine rings is 1. The van der Waals surface area contributed by atoms with Crippen molar-refractivity contribution in [3.63, 3.8) is 0 Å². The van der Waals surface area contributed by atoms with E-state index >= 15 is 0 Å². The van der Waals surface area contributed by atoms with Crippen LogP contribution in [0.5, 0.6) is 11.5 Å². The number of aryl methyl sites for hydroxylation is 1. The first-order valence-electron chi connectivity index (χ1n) is 22.4. The van der Waals surface area contributed by atoms with Crippen molar-refractivity contribution in [3.05, 3.63) is 211 Å². The van der Waals surface area contributed by atoms with Crippen LogP contribution in [0.15, 0.2) is 200 Å². The fourth-order valence-corrected chi connectivity index (χ4v) is 9.94. The van der Waals surface area contributed by atoms with E-state index < -0.39 is 0 Å². The zero-order valence-corrected chi connectivity index (χ0v) is 36.9. The summed E-state index contributed by atoms with van der Waals surface area (Å²) < 4.78 is 11.8. The van der Waals surface area contributed by atoms with Crippen molar-refractivity contribution < 1.29 is 4.74 Å². The van der Waals surface area contributed by atoms with Gasteiger partial charge in [-0.1, -0.05) is 142 Å². The van der Waals surface area contributed by atoms with E-state index in [1.807, 2.05) is 6.20 Å². The van der Waals surface area contributed by atoms with Crippen LogP contribution < -0.4 is 14.5 Å².